The van der Waals surface area contributed by atoms with Crippen molar-refractivity contribution in [1.29, 1.82) is 0 Å². The number of aryl methyl sites for hydroxylation is 1. The van der Waals surface area contributed by atoms with E-state index in [0.717, 1.165) is 29.7 Å². The van der Waals surface area contributed by atoms with Gasteiger partial charge in [-0.05, 0) is 25.5 Å². The molecule has 0 radical (unpaired) electrons. The topological polar surface area (TPSA) is 17.8 Å². The highest BCUT2D eigenvalue weighted by Crippen LogP contribution is 2.31. The predicted molar refractivity (Wildman–Crippen MR) is 79.2 cm³/mol. The van der Waals surface area contributed by atoms with E-state index in [1.807, 2.05) is 12.1 Å². The maximum absolute atomic E-state index is 6.09. The molecule has 0 amide bonds. The summed E-state index contributed by atoms with van der Waals surface area (Å²) in [6, 6.07) is 4.07. The molecule has 0 spiro atoms. The minimum atomic E-state index is 0.366. The summed E-state index contributed by atoms with van der Waals surface area (Å²) in [5, 5.41) is 1.10. The van der Waals surface area contributed by atoms with Crippen molar-refractivity contribution in [3.8, 4) is 0 Å². The van der Waals surface area contributed by atoms with E-state index in [2.05, 4.69) is 23.4 Å². The molecular formula is C13H15Cl3N2. The molecule has 0 aliphatic rings. The highest BCUT2D eigenvalue weighted by molar-refractivity contribution is 6.42. The first kappa shape index (κ1) is 14.0. The summed E-state index contributed by atoms with van der Waals surface area (Å²) < 4.78 is 2.21. The van der Waals surface area contributed by atoms with Crippen molar-refractivity contribution in [2.24, 2.45) is 0 Å². The second-order valence-corrected chi connectivity index (χ2v) is 5.54. The van der Waals surface area contributed by atoms with E-state index in [1.54, 1.807) is 0 Å². The Bertz CT molecular complexity index is 563. The van der Waals surface area contributed by atoms with Crippen LogP contribution in [0, 0.1) is 0 Å². The number of hydrogen-bond donors (Lipinski definition) is 0. The van der Waals surface area contributed by atoms with Crippen molar-refractivity contribution >= 4 is 45.8 Å². The van der Waals surface area contributed by atoms with Gasteiger partial charge >= 0.3 is 0 Å². The summed E-state index contributed by atoms with van der Waals surface area (Å²) in [6.07, 6.45) is 1.77. The maximum atomic E-state index is 6.09. The van der Waals surface area contributed by atoms with Crippen molar-refractivity contribution in [2.75, 3.05) is 5.88 Å². The summed E-state index contributed by atoms with van der Waals surface area (Å²) >= 11 is 18.0. The Morgan fingerprint density at radius 3 is 2.56 bits per heavy atom. The number of benzene rings is 1. The molecule has 0 bridgehead atoms. The third kappa shape index (κ3) is 2.47. The van der Waals surface area contributed by atoms with Gasteiger partial charge in [0.25, 0.3) is 0 Å². The van der Waals surface area contributed by atoms with Gasteiger partial charge in [-0.25, -0.2) is 4.98 Å². The van der Waals surface area contributed by atoms with Crippen LogP contribution in [0.15, 0.2) is 12.1 Å². The normalized spacial score (nSPS) is 13.2. The summed E-state index contributed by atoms with van der Waals surface area (Å²) in [6.45, 7) is 4.32. The lowest BCUT2D eigenvalue weighted by Crippen LogP contribution is -2.09. The Hall–Kier alpha value is -0.440. The molecule has 0 fully saturated rings. The Kier molecular flexibility index (Phi) is 4.41. The van der Waals surface area contributed by atoms with Gasteiger partial charge < -0.3 is 4.57 Å². The second-order valence-electron chi connectivity index (χ2n) is 4.35. The van der Waals surface area contributed by atoms with Crippen LogP contribution < -0.4 is 0 Å². The van der Waals surface area contributed by atoms with Gasteiger partial charge in [-0.15, -0.1) is 11.6 Å². The van der Waals surface area contributed by atoms with E-state index < -0.39 is 0 Å². The molecule has 0 aliphatic carbocycles. The number of hydrogen-bond acceptors (Lipinski definition) is 1. The van der Waals surface area contributed by atoms with Gasteiger partial charge in [-0.3, -0.25) is 0 Å². The number of alkyl halides is 1. The van der Waals surface area contributed by atoms with Crippen LogP contribution in [-0.4, -0.2) is 15.4 Å². The van der Waals surface area contributed by atoms with Crippen molar-refractivity contribution in [3.63, 3.8) is 0 Å². The average Bonchev–Trinajstić information content (AvgIpc) is 2.67. The number of fused-ring (bicyclic) bond motifs is 1. The van der Waals surface area contributed by atoms with Crippen LogP contribution in [0.1, 0.15) is 32.1 Å². The molecule has 1 unspecified atom stereocenters. The highest BCUT2D eigenvalue weighted by Gasteiger charge is 2.16. The quantitative estimate of drug-likeness (QED) is 0.719. The standard InChI is InChI=1S/C13H15Cl3N2/c1-3-8(2)18-12-7-10(16)9(15)6-11(12)17-13(18)4-5-14/h6-8H,3-5H2,1-2H3. The van der Waals surface area contributed by atoms with Crippen LogP contribution in [0.2, 0.25) is 10.0 Å². The van der Waals surface area contributed by atoms with E-state index in [9.17, 15) is 0 Å². The fourth-order valence-electron chi connectivity index (χ4n) is 2.08. The number of aromatic nitrogens is 2. The monoisotopic (exact) mass is 304 g/mol. The molecule has 5 heteroatoms. The van der Waals surface area contributed by atoms with Gasteiger partial charge in [0, 0.05) is 18.3 Å². The van der Waals surface area contributed by atoms with Crippen LogP contribution in [0.4, 0.5) is 0 Å². The minimum absolute atomic E-state index is 0.366. The third-order valence-electron chi connectivity index (χ3n) is 3.15. The number of nitrogens with zero attached hydrogens (tertiary/aromatic N) is 2. The SMILES string of the molecule is CCC(C)n1c(CCCl)nc2cc(Cl)c(Cl)cc21. The van der Waals surface area contributed by atoms with Crippen LogP contribution in [-0.2, 0) is 6.42 Å². The van der Waals surface area contributed by atoms with E-state index in [1.165, 1.54) is 0 Å². The minimum Gasteiger partial charge on any atom is -0.325 e. The van der Waals surface area contributed by atoms with Crippen LogP contribution in [0.25, 0.3) is 11.0 Å². The molecule has 0 saturated carbocycles. The van der Waals surface area contributed by atoms with Crippen molar-refractivity contribution < 1.29 is 0 Å². The largest absolute Gasteiger partial charge is 0.325 e. The summed E-state index contributed by atoms with van der Waals surface area (Å²) in [5.74, 6) is 1.55. The van der Waals surface area contributed by atoms with Crippen LogP contribution >= 0.6 is 34.8 Å². The maximum Gasteiger partial charge on any atom is 0.111 e. The van der Waals surface area contributed by atoms with Gasteiger partial charge in [0.15, 0.2) is 0 Å². The third-order valence-corrected chi connectivity index (χ3v) is 4.07. The molecule has 18 heavy (non-hydrogen) atoms. The number of imidazole rings is 1. The number of rotatable bonds is 4. The van der Waals surface area contributed by atoms with Crippen LogP contribution in [0.5, 0.6) is 0 Å². The summed E-state index contributed by atoms with van der Waals surface area (Å²) in [5.41, 5.74) is 1.91. The van der Waals surface area contributed by atoms with Crippen molar-refractivity contribution in [2.45, 2.75) is 32.7 Å². The molecule has 1 aromatic carbocycles. The zero-order valence-corrected chi connectivity index (χ0v) is 12.6. The lowest BCUT2D eigenvalue weighted by molar-refractivity contribution is 0.525. The van der Waals surface area contributed by atoms with Gasteiger partial charge in [-0.1, -0.05) is 30.1 Å². The molecule has 1 atom stereocenters. The van der Waals surface area contributed by atoms with E-state index >= 15 is 0 Å². The smallest absolute Gasteiger partial charge is 0.111 e. The van der Waals surface area contributed by atoms with E-state index in [-0.39, 0.29) is 0 Å². The Morgan fingerprint density at radius 1 is 1.28 bits per heavy atom. The first-order chi connectivity index (χ1) is 8.58. The molecule has 2 nitrogen and oxygen atoms in total. The first-order valence-corrected chi connectivity index (χ1v) is 7.29. The second kappa shape index (κ2) is 5.68. The predicted octanol–water partition coefficient (Wildman–Crippen LogP) is 5.10. The van der Waals surface area contributed by atoms with Gasteiger partial charge in [0.2, 0.25) is 0 Å². The van der Waals surface area contributed by atoms with Gasteiger partial charge in [0.05, 0.1) is 21.1 Å². The molecule has 0 N–H and O–H groups in total. The Labute approximate surface area is 122 Å². The first-order valence-electron chi connectivity index (χ1n) is 6.00. The zero-order valence-electron chi connectivity index (χ0n) is 10.4. The molecule has 2 aromatic rings. The molecular weight excluding hydrogens is 291 g/mol. The number of halogens is 3. The van der Waals surface area contributed by atoms with E-state index in [0.29, 0.717) is 22.0 Å². The van der Waals surface area contributed by atoms with E-state index in [4.69, 9.17) is 34.8 Å². The van der Waals surface area contributed by atoms with Crippen LogP contribution in [0.3, 0.4) is 0 Å². The van der Waals surface area contributed by atoms with Gasteiger partial charge in [0.1, 0.15) is 5.82 Å². The summed E-state index contributed by atoms with van der Waals surface area (Å²) in [4.78, 5) is 4.61. The molecule has 1 aromatic heterocycles. The van der Waals surface area contributed by atoms with Crippen molar-refractivity contribution in [3.05, 3.63) is 28.0 Å². The van der Waals surface area contributed by atoms with Crippen molar-refractivity contribution in [1.82, 2.24) is 9.55 Å². The molecule has 0 aliphatic heterocycles. The Morgan fingerprint density at radius 2 is 1.94 bits per heavy atom. The lowest BCUT2D eigenvalue weighted by atomic mass is 10.2. The fourth-order valence-corrected chi connectivity index (χ4v) is 2.56. The highest BCUT2D eigenvalue weighted by atomic mass is 35.5. The average molecular weight is 306 g/mol. The fraction of sp³-hybridized carbons (Fsp3) is 0.462. The summed E-state index contributed by atoms with van der Waals surface area (Å²) in [7, 11) is 0. The lowest BCUT2D eigenvalue weighted by Gasteiger charge is -2.15. The molecule has 0 saturated heterocycles. The molecule has 98 valence electrons. The Balaban J connectivity index is 2.68. The zero-order chi connectivity index (χ0) is 13.3. The molecule has 2 rings (SSSR count). The van der Waals surface area contributed by atoms with Gasteiger partial charge in [-0.2, -0.15) is 0 Å². The molecule has 1 heterocycles.